The van der Waals surface area contributed by atoms with Crippen molar-refractivity contribution in [3.63, 3.8) is 0 Å². The van der Waals surface area contributed by atoms with Crippen LogP contribution in [0.2, 0.25) is 0 Å². The van der Waals surface area contributed by atoms with Crippen LogP contribution < -0.4 is 5.32 Å². The average molecular weight is 368 g/mol. The van der Waals surface area contributed by atoms with Gasteiger partial charge in [-0.25, -0.2) is 0 Å². The van der Waals surface area contributed by atoms with Crippen LogP contribution in [0, 0.1) is 0 Å². The lowest BCUT2D eigenvalue weighted by Gasteiger charge is -2.10. The number of H-pyrrole nitrogens is 1. The maximum atomic E-state index is 12.8. The number of benzene rings is 3. The molecule has 1 amide bonds. The molecular weight excluding hydrogens is 348 g/mol. The molecule has 3 N–H and O–H groups in total. The molecular formula is C24H20N2O2. The third kappa shape index (κ3) is 1.90. The molecule has 0 saturated carbocycles. The molecule has 28 heavy (non-hydrogen) atoms. The van der Waals surface area contributed by atoms with E-state index in [2.05, 4.69) is 40.6 Å². The summed E-state index contributed by atoms with van der Waals surface area (Å²) in [6.45, 7) is 2.53. The van der Waals surface area contributed by atoms with Crippen LogP contribution in [-0.4, -0.2) is 16.0 Å². The van der Waals surface area contributed by atoms with Gasteiger partial charge in [-0.15, -0.1) is 0 Å². The Kier molecular flexibility index (Phi) is 3.10. The molecule has 3 aromatic carbocycles. The molecule has 0 radical (unpaired) electrons. The second kappa shape index (κ2) is 5.46. The number of rotatable bonds is 2. The average Bonchev–Trinajstić information content (AvgIpc) is 3.39. The molecule has 0 saturated heterocycles. The van der Waals surface area contributed by atoms with Crippen molar-refractivity contribution < 1.29 is 9.90 Å². The molecule has 0 fully saturated rings. The van der Waals surface area contributed by atoms with Gasteiger partial charge in [-0.2, -0.15) is 0 Å². The Morgan fingerprint density at radius 2 is 1.96 bits per heavy atom. The smallest absolute Gasteiger partial charge is 0.252 e. The van der Waals surface area contributed by atoms with Gasteiger partial charge in [0.05, 0.1) is 17.2 Å². The maximum absolute atomic E-state index is 12.8. The van der Waals surface area contributed by atoms with E-state index in [1.165, 1.54) is 16.7 Å². The zero-order valence-corrected chi connectivity index (χ0v) is 15.6. The number of hydrogen-bond acceptors (Lipinski definition) is 2. The number of fused-ring (bicyclic) bond motifs is 10. The van der Waals surface area contributed by atoms with Crippen molar-refractivity contribution in [1.29, 1.82) is 0 Å². The first-order valence-corrected chi connectivity index (χ1v) is 9.85. The summed E-state index contributed by atoms with van der Waals surface area (Å²) in [4.78, 5) is 16.4. The lowest BCUT2D eigenvalue weighted by Crippen LogP contribution is -2.13. The highest BCUT2D eigenvalue weighted by molar-refractivity contribution is 6.19. The second-order valence-electron chi connectivity index (χ2n) is 7.83. The van der Waals surface area contributed by atoms with Gasteiger partial charge in [-0.05, 0) is 46.4 Å². The number of amides is 1. The molecule has 1 aromatic heterocycles. The molecule has 1 atom stereocenters. The maximum Gasteiger partial charge on any atom is 0.252 e. The number of aliphatic hydroxyl groups excluding tert-OH is 1. The van der Waals surface area contributed by atoms with Crippen LogP contribution in [0.25, 0.3) is 32.9 Å². The Bertz CT molecular complexity index is 1320. The molecule has 2 heterocycles. The van der Waals surface area contributed by atoms with E-state index in [0.717, 1.165) is 50.5 Å². The minimum absolute atomic E-state index is 0.0175. The quantitative estimate of drug-likeness (QED) is 0.427. The van der Waals surface area contributed by atoms with Crippen LogP contribution in [0.3, 0.4) is 0 Å². The van der Waals surface area contributed by atoms with Gasteiger partial charge in [0, 0.05) is 34.8 Å². The summed E-state index contributed by atoms with van der Waals surface area (Å²) in [7, 11) is 0. The van der Waals surface area contributed by atoms with Crippen LogP contribution in [0.15, 0.2) is 42.5 Å². The molecule has 4 heteroatoms. The number of nitrogens with one attached hydrogen (secondary N) is 2. The van der Waals surface area contributed by atoms with E-state index in [1.54, 1.807) is 0 Å². The Hall–Kier alpha value is -3.11. The van der Waals surface area contributed by atoms with Gasteiger partial charge >= 0.3 is 0 Å². The van der Waals surface area contributed by atoms with E-state index in [9.17, 15) is 9.90 Å². The van der Waals surface area contributed by atoms with Crippen LogP contribution in [-0.2, 0) is 13.0 Å². The zero-order chi connectivity index (χ0) is 19.0. The third-order valence-corrected chi connectivity index (χ3v) is 6.36. The lowest BCUT2D eigenvalue weighted by atomic mass is 9.91. The van der Waals surface area contributed by atoms with Gasteiger partial charge in [0.2, 0.25) is 0 Å². The molecule has 1 aliphatic heterocycles. The highest BCUT2D eigenvalue weighted by Crippen LogP contribution is 2.47. The largest absolute Gasteiger partial charge is 0.388 e. The zero-order valence-electron chi connectivity index (χ0n) is 15.6. The highest BCUT2D eigenvalue weighted by atomic mass is 16.3. The van der Waals surface area contributed by atoms with Crippen molar-refractivity contribution in [2.45, 2.75) is 32.4 Å². The van der Waals surface area contributed by atoms with Crippen molar-refractivity contribution in [3.8, 4) is 11.1 Å². The van der Waals surface area contributed by atoms with Gasteiger partial charge in [0.15, 0.2) is 0 Å². The summed E-state index contributed by atoms with van der Waals surface area (Å²) >= 11 is 0. The molecule has 1 unspecified atom stereocenters. The van der Waals surface area contributed by atoms with Crippen molar-refractivity contribution >= 4 is 27.7 Å². The lowest BCUT2D eigenvalue weighted by molar-refractivity contribution is 0.0966. The van der Waals surface area contributed by atoms with Gasteiger partial charge in [-0.1, -0.05) is 37.3 Å². The topological polar surface area (TPSA) is 65.1 Å². The number of aliphatic hydroxyl groups is 1. The summed E-state index contributed by atoms with van der Waals surface area (Å²) in [5, 5.41) is 15.6. The number of carbonyl (C=O) groups is 1. The number of carbonyl (C=O) groups excluding carboxylic acids is 1. The summed E-state index contributed by atoms with van der Waals surface area (Å²) in [6.07, 6.45) is 1.04. The molecule has 0 bridgehead atoms. The van der Waals surface area contributed by atoms with Crippen molar-refractivity contribution in [3.05, 3.63) is 70.3 Å². The molecule has 4 aromatic rings. The molecule has 0 spiro atoms. The van der Waals surface area contributed by atoms with Crippen LogP contribution in [0.1, 0.15) is 52.1 Å². The van der Waals surface area contributed by atoms with Crippen molar-refractivity contribution in [2.75, 3.05) is 0 Å². The molecule has 6 rings (SSSR count). The Morgan fingerprint density at radius 3 is 2.82 bits per heavy atom. The van der Waals surface area contributed by atoms with Gasteiger partial charge in [0.1, 0.15) is 0 Å². The van der Waals surface area contributed by atoms with E-state index in [1.807, 2.05) is 19.1 Å². The van der Waals surface area contributed by atoms with Gasteiger partial charge < -0.3 is 15.4 Å². The molecule has 138 valence electrons. The predicted octanol–water partition coefficient (Wildman–Crippen LogP) is 4.58. The summed E-state index contributed by atoms with van der Waals surface area (Å²) < 4.78 is 0. The summed E-state index contributed by atoms with van der Waals surface area (Å²) in [5.41, 5.74) is 9.74. The van der Waals surface area contributed by atoms with Gasteiger partial charge in [-0.3, -0.25) is 4.79 Å². The van der Waals surface area contributed by atoms with Gasteiger partial charge in [0.25, 0.3) is 5.91 Å². The number of hydrogen-bond donors (Lipinski definition) is 3. The van der Waals surface area contributed by atoms with E-state index >= 15 is 0 Å². The first-order chi connectivity index (χ1) is 13.7. The Morgan fingerprint density at radius 1 is 1.11 bits per heavy atom. The SMILES string of the molecule is CCC(O)c1ccc2[nH]c3c4c(c5c(c3c2c1)CNC5=O)-c1ccccc1C4. The normalized spacial score (nSPS) is 15.6. The fourth-order valence-electron chi connectivity index (χ4n) is 5.01. The van der Waals surface area contributed by atoms with E-state index in [4.69, 9.17) is 0 Å². The van der Waals surface area contributed by atoms with E-state index < -0.39 is 6.10 Å². The van der Waals surface area contributed by atoms with E-state index in [-0.39, 0.29) is 5.91 Å². The van der Waals surface area contributed by atoms with Crippen molar-refractivity contribution in [1.82, 2.24) is 10.3 Å². The standard InChI is InChI=1S/C24H20N2O2/c1-2-19(27)13-7-8-18-15(10-13)21-17-11-25-24(28)22(17)20-14-6-4-3-5-12(14)9-16(20)23(21)26-18/h3-8,10,19,26-27H,2,9,11H2,1H3,(H,25,28). The van der Waals surface area contributed by atoms with Crippen LogP contribution >= 0.6 is 0 Å². The Labute approximate surface area is 162 Å². The second-order valence-corrected chi connectivity index (χ2v) is 7.83. The van der Waals surface area contributed by atoms with Crippen molar-refractivity contribution in [2.24, 2.45) is 0 Å². The minimum atomic E-state index is -0.471. The highest BCUT2D eigenvalue weighted by Gasteiger charge is 2.34. The minimum Gasteiger partial charge on any atom is -0.388 e. The monoisotopic (exact) mass is 368 g/mol. The fourth-order valence-corrected chi connectivity index (χ4v) is 5.01. The Balaban J connectivity index is 1.76. The van der Waals surface area contributed by atoms with Crippen LogP contribution in [0.5, 0.6) is 0 Å². The third-order valence-electron chi connectivity index (χ3n) is 6.36. The summed E-state index contributed by atoms with van der Waals surface area (Å²) in [6, 6.07) is 14.5. The first kappa shape index (κ1) is 15.9. The van der Waals surface area contributed by atoms with E-state index in [0.29, 0.717) is 13.0 Å². The van der Waals surface area contributed by atoms with Crippen LogP contribution in [0.4, 0.5) is 0 Å². The molecule has 1 aliphatic carbocycles. The first-order valence-electron chi connectivity index (χ1n) is 9.85. The molecule has 2 aliphatic rings. The summed E-state index contributed by atoms with van der Waals surface area (Å²) in [5.74, 6) is 0.0175. The number of aromatic nitrogens is 1. The number of aromatic amines is 1. The molecule has 4 nitrogen and oxygen atoms in total. The fraction of sp³-hybridized carbons (Fsp3) is 0.208. The predicted molar refractivity (Wildman–Crippen MR) is 110 cm³/mol.